The van der Waals surface area contributed by atoms with Gasteiger partial charge in [0.05, 0.1) is 0 Å². The quantitative estimate of drug-likeness (QED) is 0.492. The zero-order valence-corrected chi connectivity index (χ0v) is 8.14. The molecule has 0 aliphatic carbocycles. The molecule has 0 aliphatic heterocycles. The molecule has 1 unspecified atom stereocenters. The van der Waals surface area contributed by atoms with Crippen molar-refractivity contribution in [3.05, 3.63) is 30.0 Å². The summed E-state index contributed by atoms with van der Waals surface area (Å²) in [4.78, 5) is 0. The van der Waals surface area contributed by atoms with E-state index in [1.807, 2.05) is 6.08 Å². The van der Waals surface area contributed by atoms with Crippen molar-refractivity contribution in [2.45, 2.75) is 26.7 Å². The Hall–Kier alpha value is -0.780. The number of hydrogen-bond acceptors (Lipinski definition) is 1. The van der Waals surface area contributed by atoms with Crippen LogP contribution in [0.3, 0.4) is 0 Å². The fourth-order valence-electron chi connectivity index (χ4n) is 1.17. The molecule has 1 heteroatoms. The maximum Gasteiger partial charge on any atom is -0.000346 e. The van der Waals surface area contributed by atoms with E-state index in [0.29, 0.717) is 5.92 Å². The lowest BCUT2D eigenvalue weighted by molar-refractivity contribution is 0.844. The summed E-state index contributed by atoms with van der Waals surface area (Å²) in [5.74, 6) is 0.434. The van der Waals surface area contributed by atoms with Gasteiger partial charge in [-0.15, -0.1) is 5.73 Å². The molecule has 0 aromatic rings. The number of nitrogens with two attached hydrogens (primary N) is 1. The van der Waals surface area contributed by atoms with Gasteiger partial charge in [-0.1, -0.05) is 32.1 Å². The van der Waals surface area contributed by atoms with Crippen LogP contribution in [0.15, 0.2) is 30.0 Å². The Morgan fingerprint density at radius 2 is 2.33 bits per heavy atom. The number of allylic oxidation sites excluding steroid dienone is 2. The van der Waals surface area contributed by atoms with E-state index in [-0.39, 0.29) is 0 Å². The average Bonchev–Trinajstić information content (AvgIpc) is 2.04. The highest BCUT2D eigenvalue weighted by molar-refractivity contribution is 5.07. The molecular weight excluding hydrogens is 146 g/mol. The van der Waals surface area contributed by atoms with E-state index >= 15 is 0 Å². The van der Waals surface area contributed by atoms with Crippen LogP contribution in [-0.4, -0.2) is 6.54 Å². The van der Waals surface area contributed by atoms with E-state index in [1.54, 1.807) is 0 Å². The standard InChI is InChI=1S/C11H19N/c1-4-6-10(3)9-11(5-2)7-8-12/h6,9-10H,1,5,7-8,12H2,2-3H3/b11-9+. The van der Waals surface area contributed by atoms with Crippen LogP contribution in [0.5, 0.6) is 0 Å². The summed E-state index contributed by atoms with van der Waals surface area (Å²) in [7, 11) is 0. The van der Waals surface area contributed by atoms with Gasteiger partial charge in [0.1, 0.15) is 0 Å². The Balaban J connectivity index is 4.15. The maximum atomic E-state index is 5.48. The number of rotatable bonds is 5. The third-order valence-corrected chi connectivity index (χ3v) is 1.80. The summed E-state index contributed by atoms with van der Waals surface area (Å²) in [5, 5.41) is 0. The van der Waals surface area contributed by atoms with Crippen LogP contribution in [0, 0.1) is 5.92 Å². The summed E-state index contributed by atoms with van der Waals surface area (Å²) >= 11 is 0. The van der Waals surface area contributed by atoms with Crippen molar-refractivity contribution in [3.8, 4) is 0 Å². The van der Waals surface area contributed by atoms with E-state index in [1.165, 1.54) is 5.57 Å². The first-order chi connectivity index (χ1) is 5.74. The largest absolute Gasteiger partial charge is 0.330 e. The molecule has 68 valence electrons. The Morgan fingerprint density at radius 1 is 1.67 bits per heavy atom. The lowest BCUT2D eigenvalue weighted by atomic mass is 10.0. The monoisotopic (exact) mass is 165 g/mol. The van der Waals surface area contributed by atoms with Crippen molar-refractivity contribution in [2.75, 3.05) is 6.54 Å². The summed E-state index contributed by atoms with van der Waals surface area (Å²) in [6.07, 6.45) is 6.30. The molecule has 0 amide bonds. The zero-order valence-electron chi connectivity index (χ0n) is 8.14. The fraction of sp³-hybridized carbons (Fsp3) is 0.545. The van der Waals surface area contributed by atoms with E-state index in [0.717, 1.165) is 19.4 Å². The van der Waals surface area contributed by atoms with Crippen LogP contribution in [0.4, 0.5) is 0 Å². The maximum absolute atomic E-state index is 5.48. The van der Waals surface area contributed by atoms with Gasteiger partial charge in [0.15, 0.2) is 0 Å². The van der Waals surface area contributed by atoms with Gasteiger partial charge in [-0.25, -0.2) is 0 Å². The lowest BCUT2D eigenvalue weighted by Gasteiger charge is -2.04. The average molecular weight is 165 g/mol. The van der Waals surface area contributed by atoms with Gasteiger partial charge < -0.3 is 5.73 Å². The second kappa shape index (κ2) is 6.90. The van der Waals surface area contributed by atoms with Gasteiger partial charge in [0.25, 0.3) is 0 Å². The van der Waals surface area contributed by atoms with E-state index in [4.69, 9.17) is 5.73 Å². The highest BCUT2D eigenvalue weighted by Gasteiger charge is 1.95. The predicted molar refractivity (Wildman–Crippen MR) is 54.9 cm³/mol. The summed E-state index contributed by atoms with van der Waals surface area (Å²) in [6, 6.07) is 0. The van der Waals surface area contributed by atoms with Gasteiger partial charge in [-0.3, -0.25) is 0 Å². The molecule has 1 nitrogen and oxygen atoms in total. The minimum Gasteiger partial charge on any atom is -0.330 e. The molecule has 0 aromatic heterocycles. The van der Waals surface area contributed by atoms with Gasteiger partial charge >= 0.3 is 0 Å². The van der Waals surface area contributed by atoms with Crippen molar-refractivity contribution >= 4 is 0 Å². The van der Waals surface area contributed by atoms with Crippen LogP contribution in [-0.2, 0) is 0 Å². The lowest BCUT2D eigenvalue weighted by Crippen LogP contribution is -2.00. The van der Waals surface area contributed by atoms with Gasteiger partial charge in [0, 0.05) is 0 Å². The Labute approximate surface area is 75.7 Å². The molecule has 0 heterocycles. The molecule has 0 spiro atoms. The van der Waals surface area contributed by atoms with Crippen LogP contribution < -0.4 is 5.73 Å². The molecule has 0 aromatic carbocycles. The van der Waals surface area contributed by atoms with Crippen molar-refractivity contribution in [3.63, 3.8) is 0 Å². The first-order valence-corrected chi connectivity index (χ1v) is 4.50. The van der Waals surface area contributed by atoms with Crippen molar-refractivity contribution in [1.82, 2.24) is 0 Å². The van der Waals surface area contributed by atoms with Crippen LogP contribution in [0.1, 0.15) is 26.7 Å². The Morgan fingerprint density at radius 3 is 2.75 bits per heavy atom. The molecule has 0 saturated carbocycles. The van der Waals surface area contributed by atoms with Crippen LogP contribution in [0.2, 0.25) is 0 Å². The normalized spacial score (nSPS) is 13.8. The molecule has 12 heavy (non-hydrogen) atoms. The van der Waals surface area contributed by atoms with E-state index < -0.39 is 0 Å². The third kappa shape index (κ3) is 4.95. The summed E-state index contributed by atoms with van der Waals surface area (Å²) in [5.41, 5.74) is 9.69. The molecule has 1 atom stereocenters. The first-order valence-electron chi connectivity index (χ1n) is 4.50. The molecular formula is C11H19N. The molecule has 2 N–H and O–H groups in total. The van der Waals surface area contributed by atoms with Gasteiger partial charge in [-0.05, 0) is 31.4 Å². The second-order valence-electron chi connectivity index (χ2n) is 2.95. The minimum absolute atomic E-state index is 0.434. The SMILES string of the molecule is C=C=CC(C)/C=C(\CC)CCN. The highest BCUT2D eigenvalue weighted by atomic mass is 14.5. The minimum atomic E-state index is 0.434. The smallest absolute Gasteiger partial charge is 0.000346 e. The second-order valence-corrected chi connectivity index (χ2v) is 2.95. The van der Waals surface area contributed by atoms with Crippen molar-refractivity contribution < 1.29 is 0 Å². The molecule has 0 aliphatic rings. The molecule has 0 fully saturated rings. The molecule has 0 radical (unpaired) electrons. The zero-order chi connectivity index (χ0) is 9.40. The molecule has 0 bridgehead atoms. The van der Waals surface area contributed by atoms with Gasteiger partial charge in [0.2, 0.25) is 0 Å². The van der Waals surface area contributed by atoms with Gasteiger partial charge in [-0.2, -0.15) is 0 Å². The van der Waals surface area contributed by atoms with Crippen molar-refractivity contribution in [1.29, 1.82) is 0 Å². The fourth-order valence-corrected chi connectivity index (χ4v) is 1.17. The first kappa shape index (κ1) is 11.2. The van der Waals surface area contributed by atoms with E-state index in [9.17, 15) is 0 Å². The topological polar surface area (TPSA) is 26.0 Å². The van der Waals surface area contributed by atoms with Crippen LogP contribution >= 0.6 is 0 Å². The predicted octanol–water partition coefficient (Wildman–Crippen LogP) is 2.65. The van der Waals surface area contributed by atoms with Crippen molar-refractivity contribution in [2.24, 2.45) is 11.7 Å². The highest BCUT2D eigenvalue weighted by Crippen LogP contribution is 2.10. The Bertz CT molecular complexity index is 185. The Kier molecular flexibility index (Phi) is 6.45. The third-order valence-electron chi connectivity index (χ3n) is 1.80. The van der Waals surface area contributed by atoms with Crippen LogP contribution in [0.25, 0.3) is 0 Å². The molecule has 0 saturated heterocycles. The van der Waals surface area contributed by atoms with E-state index in [2.05, 4.69) is 32.2 Å². The molecule has 0 rings (SSSR count). The summed E-state index contributed by atoms with van der Waals surface area (Å²) < 4.78 is 0. The number of hydrogen-bond donors (Lipinski definition) is 1. The summed E-state index contributed by atoms with van der Waals surface area (Å²) in [6.45, 7) is 8.57.